The Bertz CT molecular complexity index is 1920. The highest BCUT2D eigenvalue weighted by Crippen LogP contribution is 2.14. The van der Waals surface area contributed by atoms with Crippen LogP contribution >= 0.6 is 24.4 Å². The summed E-state index contributed by atoms with van der Waals surface area (Å²) in [6.07, 6.45) is 5.26. The summed E-state index contributed by atoms with van der Waals surface area (Å²) in [5.41, 5.74) is 1.41. The minimum Gasteiger partial charge on any atom is -0.481 e. The van der Waals surface area contributed by atoms with Gasteiger partial charge in [-0.2, -0.15) is 0 Å². The van der Waals surface area contributed by atoms with Crippen LogP contribution < -0.4 is 42.5 Å². The molecule has 0 saturated carbocycles. The van der Waals surface area contributed by atoms with Crippen molar-refractivity contribution < 1.29 is 69.0 Å². The molecule has 0 aliphatic heterocycles. The van der Waals surface area contributed by atoms with E-state index in [4.69, 9.17) is 29.5 Å². The third-order valence-electron chi connectivity index (χ3n) is 10.4. The molecule has 0 aliphatic carbocycles. The second kappa shape index (κ2) is 37.5. The first-order chi connectivity index (χ1) is 34.2. The molecule has 0 aromatic heterocycles. The Morgan fingerprint density at radius 2 is 0.917 bits per heavy atom. The van der Waals surface area contributed by atoms with E-state index in [0.29, 0.717) is 134 Å². The fourth-order valence-electron chi connectivity index (χ4n) is 6.45. The fourth-order valence-corrected chi connectivity index (χ4v) is 6.89. The summed E-state index contributed by atoms with van der Waals surface area (Å²) in [6.45, 7) is 4.44. The topological polar surface area (TPSA) is 361 Å². The lowest BCUT2D eigenvalue weighted by molar-refractivity contribution is -0.166. The number of anilines is 2. The lowest BCUT2D eigenvalue weighted by atomic mass is 10.1. The SMILES string of the molecule is CC(=O)N[C@@H](CC(=O)O)C(=O)N[C@@H](CCCCNC(=S)Nc1ccc(NC(=S)NCCCCCN(O)C(=O)CCC(=O)NCCCCCN(O)C(=O)CCC(=O)NCCCCCN(O)C(C)=O)cc1)C(=O)O. The third kappa shape index (κ3) is 31.8. The van der Waals surface area contributed by atoms with Gasteiger partial charge in [0.15, 0.2) is 10.2 Å². The maximum atomic E-state index is 12.4. The van der Waals surface area contributed by atoms with Gasteiger partial charge in [-0.1, -0.05) is 0 Å². The second-order valence-corrected chi connectivity index (χ2v) is 17.5. The molecule has 2 atom stereocenters. The zero-order valence-electron chi connectivity index (χ0n) is 41.0. The van der Waals surface area contributed by atoms with Crippen LogP contribution in [0.15, 0.2) is 24.3 Å². The van der Waals surface area contributed by atoms with Crippen molar-refractivity contribution in [3.63, 3.8) is 0 Å². The maximum Gasteiger partial charge on any atom is 0.326 e. The molecule has 0 radical (unpaired) electrons. The van der Waals surface area contributed by atoms with Gasteiger partial charge in [-0.25, -0.2) is 20.0 Å². The average Bonchev–Trinajstić information content (AvgIpc) is 3.32. The Morgan fingerprint density at radius 1 is 0.514 bits per heavy atom. The molecule has 1 aromatic carbocycles. The number of hydrogen-bond donors (Lipinski definition) is 13. The van der Waals surface area contributed by atoms with Crippen LogP contribution in [0.2, 0.25) is 0 Å². The van der Waals surface area contributed by atoms with Crippen molar-refractivity contribution in [2.45, 2.75) is 135 Å². The minimum atomic E-state index is -1.41. The van der Waals surface area contributed by atoms with Crippen LogP contribution in [0.3, 0.4) is 0 Å². The first-order valence-electron chi connectivity index (χ1n) is 23.9. The smallest absolute Gasteiger partial charge is 0.326 e. The van der Waals surface area contributed by atoms with Crippen LogP contribution in [0, 0.1) is 0 Å². The molecule has 0 fully saturated rings. The average molecular weight is 1060 g/mol. The molecule has 0 spiro atoms. The highest BCUT2D eigenvalue weighted by atomic mass is 32.1. The number of nitrogens with one attached hydrogen (secondary N) is 8. The van der Waals surface area contributed by atoms with Crippen molar-refractivity contribution in [3.05, 3.63) is 24.3 Å². The van der Waals surface area contributed by atoms with Crippen LogP contribution in [0.4, 0.5) is 11.4 Å². The van der Waals surface area contributed by atoms with Crippen molar-refractivity contribution in [2.24, 2.45) is 0 Å². The number of hydrogen-bond acceptors (Lipinski definition) is 14. The van der Waals surface area contributed by atoms with Gasteiger partial charge in [0, 0.05) is 96.7 Å². The van der Waals surface area contributed by atoms with Gasteiger partial charge in [0.05, 0.1) is 6.42 Å². The predicted octanol–water partition coefficient (Wildman–Crippen LogP) is 1.96. The van der Waals surface area contributed by atoms with Gasteiger partial charge >= 0.3 is 11.9 Å². The van der Waals surface area contributed by atoms with E-state index in [1.807, 2.05) is 0 Å². The number of nitrogens with zero attached hydrogens (tertiary/aromatic N) is 3. The van der Waals surface area contributed by atoms with Crippen LogP contribution in [0.1, 0.15) is 123 Å². The summed E-state index contributed by atoms with van der Waals surface area (Å²) in [5, 5.41) is 72.7. The summed E-state index contributed by atoms with van der Waals surface area (Å²) >= 11 is 10.7. The van der Waals surface area contributed by atoms with Gasteiger partial charge in [0.2, 0.25) is 41.4 Å². The molecule has 404 valence electrons. The van der Waals surface area contributed by atoms with Crippen LogP contribution in [0.25, 0.3) is 0 Å². The first kappa shape index (κ1) is 63.7. The van der Waals surface area contributed by atoms with Crippen molar-refractivity contribution in [1.29, 1.82) is 0 Å². The minimum absolute atomic E-state index is 0.0640. The van der Waals surface area contributed by atoms with E-state index >= 15 is 0 Å². The predicted molar refractivity (Wildman–Crippen MR) is 270 cm³/mol. The summed E-state index contributed by atoms with van der Waals surface area (Å²) < 4.78 is 0. The molecule has 0 aliphatic rings. The fraction of sp³-hybridized carbons (Fsp3) is 0.622. The van der Waals surface area contributed by atoms with Gasteiger partial charge in [-0.05, 0) is 126 Å². The molecule has 72 heavy (non-hydrogen) atoms. The number of rotatable bonds is 37. The van der Waals surface area contributed by atoms with Gasteiger partial charge in [-0.15, -0.1) is 0 Å². The number of benzene rings is 1. The van der Waals surface area contributed by atoms with E-state index in [0.717, 1.165) is 6.92 Å². The van der Waals surface area contributed by atoms with Crippen LogP contribution in [-0.4, -0.2) is 162 Å². The number of unbranched alkanes of at least 4 members (excludes halogenated alkanes) is 7. The Kier molecular flexibility index (Phi) is 33.2. The van der Waals surface area contributed by atoms with E-state index in [2.05, 4.69) is 42.5 Å². The van der Waals surface area contributed by atoms with Gasteiger partial charge in [-0.3, -0.25) is 54.0 Å². The van der Waals surface area contributed by atoms with E-state index in [1.54, 1.807) is 24.3 Å². The van der Waals surface area contributed by atoms with E-state index in [-0.39, 0.29) is 63.6 Å². The quantitative estimate of drug-likeness (QED) is 0.0196. The molecule has 0 unspecified atom stereocenters. The maximum absolute atomic E-state index is 12.4. The normalized spacial score (nSPS) is 11.4. The van der Waals surface area contributed by atoms with Gasteiger partial charge < -0.3 is 52.7 Å². The Labute approximate surface area is 429 Å². The van der Waals surface area contributed by atoms with Gasteiger partial charge in [0.25, 0.3) is 0 Å². The summed E-state index contributed by atoms with van der Waals surface area (Å²) in [4.78, 5) is 106. The zero-order chi connectivity index (χ0) is 53.8. The number of amides is 7. The largest absolute Gasteiger partial charge is 0.481 e. The number of carboxylic acids is 2. The Hall–Kier alpha value is -6.29. The number of carbonyl (C=O) groups is 9. The lowest BCUT2D eigenvalue weighted by Gasteiger charge is -2.20. The lowest BCUT2D eigenvalue weighted by Crippen LogP contribution is -2.52. The molecule has 13 N–H and O–H groups in total. The van der Waals surface area contributed by atoms with E-state index in [1.165, 1.54) is 6.92 Å². The number of carbonyl (C=O) groups excluding carboxylic acids is 7. The van der Waals surface area contributed by atoms with Crippen LogP contribution in [0.5, 0.6) is 0 Å². The summed E-state index contributed by atoms with van der Waals surface area (Å²) in [5.74, 6) is -6.41. The molecule has 25 nitrogen and oxygen atoms in total. The second-order valence-electron chi connectivity index (χ2n) is 16.6. The van der Waals surface area contributed by atoms with E-state index in [9.17, 15) is 63.9 Å². The Balaban J connectivity index is 2.14. The molecule has 7 amide bonds. The summed E-state index contributed by atoms with van der Waals surface area (Å²) in [6, 6.07) is 4.46. The molecule has 27 heteroatoms. The number of aliphatic carboxylic acids is 2. The monoisotopic (exact) mass is 1060 g/mol. The van der Waals surface area contributed by atoms with Crippen molar-refractivity contribution in [1.82, 2.24) is 47.1 Å². The molecule has 0 saturated heterocycles. The van der Waals surface area contributed by atoms with E-state index < -0.39 is 60.0 Å². The molecule has 0 bridgehead atoms. The van der Waals surface area contributed by atoms with Crippen LogP contribution in [-0.2, 0) is 43.2 Å². The van der Waals surface area contributed by atoms with Gasteiger partial charge in [0.1, 0.15) is 12.1 Å². The van der Waals surface area contributed by atoms with Crippen molar-refractivity contribution >= 4 is 99.3 Å². The first-order valence-corrected chi connectivity index (χ1v) is 24.7. The highest BCUT2D eigenvalue weighted by molar-refractivity contribution is 7.80. The molecule has 1 rings (SSSR count). The highest BCUT2D eigenvalue weighted by Gasteiger charge is 2.27. The zero-order valence-corrected chi connectivity index (χ0v) is 42.6. The van der Waals surface area contributed by atoms with Crippen molar-refractivity contribution in [3.8, 4) is 0 Å². The molecule has 0 heterocycles. The van der Waals surface area contributed by atoms with Crippen molar-refractivity contribution in [2.75, 3.05) is 56.4 Å². The number of carboxylic acid groups (broad SMARTS) is 2. The Morgan fingerprint density at radius 3 is 1.31 bits per heavy atom. The number of hydroxylamine groups is 6. The molecule has 1 aromatic rings. The third-order valence-corrected chi connectivity index (χ3v) is 10.9. The standard InChI is InChI=1S/C45H73N11O14S2/c1-31(57)50-36(30-41(63)64)42(65)53-35(43(66)67)14-6-10-26-49-45(72)52-34-17-15-33(16-18-34)51-44(71)48-25-9-5-13-29-56(70)40(62)22-20-38(60)47-24-8-4-12-28-55(69)39(61)21-19-37(59)46-23-7-3-11-27-54(68)32(2)58/h15-18,35-36,68-70H,3-14,19-30H2,1-2H3,(H,46,59)(H,47,60)(H,50,57)(H,53,65)(H,63,64)(H,66,67)(H2,48,51,71)(H2,49,52,72)/t35-,36-/m0/s1. The molecular formula is C45H73N11O14S2. The number of thiocarbonyl (C=S) groups is 2. The summed E-state index contributed by atoms with van der Waals surface area (Å²) in [7, 11) is 0. The molecular weight excluding hydrogens is 983 g/mol.